The van der Waals surface area contributed by atoms with Gasteiger partial charge in [0.2, 0.25) is 5.91 Å². The summed E-state index contributed by atoms with van der Waals surface area (Å²) in [6, 6.07) is 20.9. The van der Waals surface area contributed by atoms with Crippen molar-refractivity contribution in [3.8, 4) is 0 Å². The molecule has 6 nitrogen and oxygen atoms in total. The van der Waals surface area contributed by atoms with Crippen LogP contribution in [0.3, 0.4) is 0 Å². The standard InChI is InChI=1S/C28H22ClFN2O4S/c1-2-24(27(34)32-18-12-13-23(30)22(29)15-18)37-19-9-5-8-17(14-19)31-26(33)20-10-3-6-16-7-4-11-21(25(16)20)28(35)36/h3-15,24H,2H2,1H3,(H,31,33)(H,32,34)(H,35,36). The Bertz CT molecular complexity index is 1510. The predicted molar refractivity (Wildman–Crippen MR) is 145 cm³/mol. The lowest BCUT2D eigenvalue weighted by atomic mass is 9.98. The van der Waals surface area contributed by atoms with Crippen LogP contribution in [0.4, 0.5) is 15.8 Å². The van der Waals surface area contributed by atoms with Crippen molar-refractivity contribution in [3.63, 3.8) is 0 Å². The molecule has 188 valence electrons. The molecule has 4 rings (SSSR count). The van der Waals surface area contributed by atoms with Crippen LogP contribution in [0.25, 0.3) is 10.8 Å². The molecule has 0 aliphatic heterocycles. The first-order valence-electron chi connectivity index (χ1n) is 11.4. The summed E-state index contributed by atoms with van der Waals surface area (Å²) in [5.41, 5.74) is 1.19. The monoisotopic (exact) mass is 536 g/mol. The average Bonchev–Trinajstić information content (AvgIpc) is 2.88. The third-order valence-electron chi connectivity index (χ3n) is 5.60. The third kappa shape index (κ3) is 6.10. The van der Waals surface area contributed by atoms with E-state index in [9.17, 15) is 23.9 Å². The molecule has 4 aromatic carbocycles. The van der Waals surface area contributed by atoms with Crippen LogP contribution in [0.2, 0.25) is 5.02 Å². The zero-order valence-electron chi connectivity index (χ0n) is 19.6. The van der Waals surface area contributed by atoms with Gasteiger partial charge in [0.25, 0.3) is 5.91 Å². The lowest BCUT2D eigenvalue weighted by molar-refractivity contribution is -0.115. The molecular formula is C28H22ClFN2O4S. The Morgan fingerprint density at radius 1 is 0.919 bits per heavy atom. The molecule has 0 saturated carbocycles. The molecule has 37 heavy (non-hydrogen) atoms. The molecule has 0 heterocycles. The van der Waals surface area contributed by atoms with Gasteiger partial charge in [0.15, 0.2) is 0 Å². The molecule has 9 heteroatoms. The zero-order chi connectivity index (χ0) is 26.5. The van der Waals surface area contributed by atoms with Crippen molar-refractivity contribution >= 4 is 63.3 Å². The van der Waals surface area contributed by atoms with E-state index in [1.807, 2.05) is 13.0 Å². The number of thioether (sulfide) groups is 1. The molecular weight excluding hydrogens is 515 g/mol. The fraction of sp³-hybridized carbons (Fsp3) is 0.107. The summed E-state index contributed by atoms with van der Waals surface area (Å²) >= 11 is 7.13. The lowest BCUT2D eigenvalue weighted by Gasteiger charge is -2.16. The number of amides is 2. The lowest BCUT2D eigenvalue weighted by Crippen LogP contribution is -2.24. The van der Waals surface area contributed by atoms with Gasteiger partial charge < -0.3 is 15.7 Å². The van der Waals surface area contributed by atoms with Crippen LogP contribution in [0.5, 0.6) is 0 Å². The number of halogens is 2. The predicted octanol–water partition coefficient (Wildman–Crippen LogP) is 7.09. The van der Waals surface area contributed by atoms with Gasteiger partial charge in [-0.3, -0.25) is 9.59 Å². The third-order valence-corrected chi connectivity index (χ3v) is 7.25. The number of rotatable bonds is 8. The topological polar surface area (TPSA) is 95.5 Å². The van der Waals surface area contributed by atoms with Crippen LogP contribution in [-0.4, -0.2) is 28.1 Å². The van der Waals surface area contributed by atoms with E-state index in [1.54, 1.807) is 48.5 Å². The van der Waals surface area contributed by atoms with Crippen LogP contribution in [0, 0.1) is 5.82 Å². The molecule has 0 saturated heterocycles. The van der Waals surface area contributed by atoms with Crippen molar-refractivity contribution in [2.45, 2.75) is 23.5 Å². The second-order valence-electron chi connectivity index (χ2n) is 8.13. The van der Waals surface area contributed by atoms with E-state index in [4.69, 9.17) is 11.6 Å². The highest BCUT2D eigenvalue weighted by Crippen LogP contribution is 2.30. The van der Waals surface area contributed by atoms with Crippen molar-refractivity contribution in [2.75, 3.05) is 10.6 Å². The van der Waals surface area contributed by atoms with E-state index in [2.05, 4.69) is 10.6 Å². The quantitative estimate of drug-likeness (QED) is 0.209. The average molecular weight is 537 g/mol. The molecule has 0 aromatic heterocycles. The van der Waals surface area contributed by atoms with E-state index in [0.29, 0.717) is 28.6 Å². The van der Waals surface area contributed by atoms with Gasteiger partial charge >= 0.3 is 5.97 Å². The maximum Gasteiger partial charge on any atom is 0.336 e. The highest BCUT2D eigenvalue weighted by molar-refractivity contribution is 8.00. The van der Waals surface area contributed by atoms with E-state index in [0.717, 1.165) is 4.90 Å². The largest absolute Gasteiger partial charge is 0.478 e. The molecule has 4 aromatic rings. The van der Waals surface area contributed by atoms with E-state index in [1.165, 1.54) is 36.0 Å². The summed E-state index contributed by atoms with van der Waals surface area (Å²) < 4.78 is 13.4. The summed E-state index contributed by atoms with van der Waals surface area (Å²) in [5, 5.41) is 15.7. The number of anilines is 2. The molecule has 0 aliphatic carbocycles. The Morgan fingerprint density at radius 2 is 1.59 bits per heavy atom. The molecule has 0 spiro atoms. The number of carbonyl (C=O) groups excluding carboxylic acids is 2. The summed E-state index contributed by atoms with van der Waals surface area (Å²) in [7, 11) is 0. The second-order valence-corrected chi connectivity index (χ2v) is 9.81. The number of hydrogen-bond donors (Lipinski definition) is 3. The van der Waals surface area contributed by atoms with Gasteiger partial charge in [-0.05, 0) is 60.3 Å². The minimum atomic E-state index is -1.11. The van der Waals surface area contributed by atoms with Crippen LogP contribution in [0.15, 0.2) is 83.8 Å². The minimum Gasteiger partial charge on any atom is -0.478 e. The van der Waals surface area contributed by atoms with Gasteiger partial charge in [-0.1, -0.05) is 48.9 Å². The van der Waals surface area contributed by atoms with Gasteiger partial charge in [-0.15, -0.1) is 11.8 Å². The minimum absolute atomic E-state index is 0.0480. The number of nitrogens with one attached hydrogen (secondary N) is 2. The Labute approximate surface area is 221 Å². The van der Waals surface area contributed by atoms with Gasteiger partial charge in [-0.2, -0.15) is 0 Å². The first kappa shape index (κ1) is 26.2. The molecule has 1 unspecified atom stereocenters. The van der Waals surface area contributed by atoms with Crippen molar-refractivity contribution in [1.29, 1.82) is 0 Å². The summed E-state index contributed by atoms with van der Waals surface area (Å²) in [4.78, 5) is 38.4. The maximum absolute atomic E-state index is 13.4. The van der Waals surface area contributed by atoms with Crippen LogP contribution in [0.1, 0.15) is 34.1 Å². The van der Waals surface area contributed by atoms with Gasteiger partial charge in [0, 0.05) is 27.2 Å². The number of carbonyl (C=O) groups is 3. The molecule has 1 atom stereocenters. The number of carboxylic acid groups (broad SMARTS) is 1. The summed E-state index contributed by atoms with van der Waals surface area (Å²) in [6.45, 7) is 1.88. The number of benzene rings is 4. The Hall–Kier alpha value is -3.88. The molecule has 0 bridgehead atoms. The first-order chi connectivity index (χ1) is 17.8. The van der Waals surface area contributed by atoms with Gasteiger partial charge in [0.05, 0.1) is 15.8 Å². The highest BCUT2D eigenvalue weighted by Gasteiger charge is 2.20. The Kier molecular flexibility index (Phi) is 8.11. The van der Waals surface area contributed by atoms with Crippen LogP contribution in [-0.2, 0) is 4.79 Å². The number of hydrogen-bond acceptors (Lipinski definition) is 4. The second kappa shape index (κ2) is 11.5. The normalized spacial score (nSPS) is 11.6. The molecule has 0 radical (unpaired) electrons. The fourth-order valence-electron chi connectivity index (χ4n) is 3.84. The SMILES string of the molecule is CCC(Sc1cccc(NC(=O)c2cccc3cccc(C(=O)O)c23)c1)C(=O)Nc1ccc(F)c(Cl)c1. The Morgan fingerprint density at radius 3 is 2.27 bits per heavy atom. The van der Waals surface area contributed by atoms with E-state index in [-0.39, 0.29) is 22.1 Å². The van der Waals surface area contributed by atoms with Crippen molar-refractivity contribution in [2.24, 2.45) is 0 Å². The van der Waals surface area contributed by atoms with Crippen LogP contribution < -0.4 is 10.6 Å². The number of fused-ring (bicyclic) bond motifs is 1. The summed E-state index contributed by atoms with van der Waals surface area (Å²) in [5.74, 6) is -2.39. The number of carboxylic acids is 1. The van der Waals surface area contributed by atoms with Gasteiger partial charge in [0.1, 0.15) is 5.82 Å². The molecule has 0 aliphatic rings. The van der Waals surface area contributed by atoms with Gasteiger partial charge in [-0.25, -0.2) is 9.18 Å². The first-order valence-corrected chi connectivity index (χ1v) is 12.6. The molecule has 2 amide bonds. The molecule has 3 N–H and O–H groups in total. The Balaban J connectivity index is 1.51. The smallest absolute Gasteiger partial charge is 0.336 e. The fourth-order valence-corrected chi connectivity index (χ4v) is 5.03. The van der Waals surface area contributed by atoms with E-state index >= 15 is 0 Å². The van der Waals surface area contributed by atoms with Crippen molar-refractivity contribution in [1.82, 2.24) is 0 Å². The summed E-state index contributed by atoms with van der Waals surface area (Å²) in [6.07, 6.45) is 0.524. The van der Waals surface area contributed by atoms with Crippen molar-refractivity contribution < 1.29 is 23.9 Å². The van der Waals surface area contributed by atoms with Crippen LogP contribution >= 0.6 is 23.4 Å². The highest BCUT2D eigenvalue weighted by atomic mass is 35.5. The van der Waals surface area contributed by atoms with E-state index < -0.39 is 22.9 Å². The molecule has 0 fully saturated rings. The number of aromatic carboxylic acids is 1. The zero-order valence-corrected chi connectivity index (χ0v) is 21.2. The van der Waals surface area contributed by atoms with Crippen molar-refractivity contribution in [3.05, 3.63) is 101 Å². The maximum atomic E-state index is 13.4.